The first-order valence-electron chi connectivity index (χ1n) is 9.11. The summed E-state index contributed by atoms with van der Waals surface area (Å²) in [4.78, 5) is 16.6. The third-order valence-electron chi connectivity index (χ3n) is 4.36. The van der Waals surface area contributed by atoms with E-state index in [4.69, 9.17) is 4.42 Å². The van der Waals surface area contributed by atoms with Crippen LogP contribution >= 0.6 is 0 Å². The van der Waals surface area contributed by atoms with Crippen LogP contribution in [0.5, 0.6) is 0 Å². The minimum Gasteiger partial charge on any atom is -0.441 e. The highest BCUT2D eigenvalue weighted by Gasteiger charge is 2.16. The molecule has 0 fully saturated rings. The normalized spacial score (nSPS) is 12.0. The molecular formula is C22H24N2O3S. The summed E-state index contributed by atoms with van der Waals surface area (Å²) < 4.78 is 18.1. The molecule has 0 radical (unpaired) electrons. The summed E-state index contributed by atoms with van der Waals surface area (Å²) >= 11 is 0. The Labute approximate surface area is 167 Å². The molecule has 0 aliphatic carbocycles. The van der Waals surface area contributed by atoms with Crippen molar-refractivity contribution in [3.63, 3.8) is 0 Å². The fourth-order valence-corrected chi connectivity index (χ4v) is 3.84. The highest BCUT2D eigenvalue weighted by atomic mass is 32.2. The standard InChI is InChI=1S/C22H24N2O3S/c1-15-7-9-18(10-8-15)12-23-21(25)14-28(26)13-20-17(3)27-22(24-20)19-6-4-5-16(2)11-19/h4-11H,12-14H2,1-3H3,(H,23,25)/t28-/m1/s1. The molecule has 3 aromatic rings. The van der Waals surface area contributed by atoms with Crippen LogP contribution in [0.15, 0.2) is 52.9 Å². The zero-order valence-corrected chi connectivity index (χ0v) is 17.1. The number of hydrogen-bond donors (Lipinski definition) is 1. The number of carbonyl (C=O) groups excluding carboxylic acids is 1. The molecule has 1 atom stereocenters. The highest BCUT2D eigenvalue weighted by molar-refractivity contribution is 7.84. The molecule has 1 N–H and O–H groups in total. The van der Waals surface area contributed by atoms with Crippen LogP contribution in [0.25, 0.3) is 11.5 Å². The highest BCUT2D eigenvalue weighted by Crippen LogP contribution is 2.23. The van der Waals surface area contributed by atoms with Crippen molar-refractivity contribution in [1.82, 2.24) is 10.3 Å². The quantitative estimate of drug-likeness (QED) is 0.659. The van der Waals surface area contributed by atoms with Crippen LogP contribution in [0, 0.1) is 20.8 Å². The third kappa shape index (κ3) is 5.39. The summed E-state index contributed by atoms with van der Waals surface area (Å²) in [6.45, 7) is 6.25. The molecule has 6 heteroatoms. The van der Waals surface area contributed by atoms with E-state index < -0.39 is 10.8 Å². The summed E-state index contributed by atoms with van der Waals surface area (Å²) in [6.07, 6.45) is 0. The number of rotatable bonds is 7. The lowest BCUT2D eigenvalue weighted by Gasteiger charge is -2.05. The lowest BCUT2D eigenvalue weighted by atomic mass is 10.1. The fraction of sp³-hybridized carbons (Fsp3) is 0.273. The van der Waals surface area contributed by atoms with Crippen LogP contribution in [0.4, 0.5) is 0 Å². The van der Waals surface area contributed by atoms with Gasteiger partial charge < -0.3 is 9.73 Å². The van der Waals surface area contributed by atoms with E-state index in [0.29, 0.717) is 23.9 Å². The summed E-state index contributed by atoms with van der Waals surface area (Å²) in [5.41, 5.74) is 4.81. The molecule has 0 saturated carbocycles. The van der Waals surface area contributed by atoms with Gasteiger partial charge in [-0.15, -0.1) is 0 Å². The van der Waals surface area contributed by atoms with Gasteiger partial charge in [0.1, 0.15) is 11.5 Å². The van der Waals surface area contributed by atoms with Gasteiger partial charge in [-0.3, -0.25) is 9.00 Å². The number of amides is 1. The first-order chi connectivity index (χ1) is 13.4. The zero-order valence-electron chi connectivity index (χ0n) is 16.3. The monoisotopic (exact) mass is 396 g/mol. The number of aryl methyl sites for hydroxylation is 3. The number of oxazole rings is 1. The zero-order chi connectivity index (χ0) is 20.1. The van der Waals surface area contributed by atoms with E-state index in [2.05, 4.69) is 10.3 Å². The van der Waals surface area contributed by atoms with E-state index in [0.717, 1.165) is 16.7 Å². The minimum absolute atomic E-state index is 0.0576. The van der Waals surface area contributed by atoms with E-state index in [1.807, 2.05) is 62.4 Å². The van der Waals surface area contributed by atoms with E-state index in [-0.39, 0.29) is 17.4 Å². The van der Waals surface area contributed by atoms with Gasteiger partial charge in [-0.05, 0) is 38.5 Å². The van der Waals surface area contributed by atoms with Crippen LogP contribution in [0.1, 0.15) is 28.1 Å². The van der Waals surface area contributed by atoms with Gasteiger partial charge in [-0.2, -0.15) is 0 Å². The van der Waals surface area contributed by atoms with Gasteiger partial charge in [0.15, 0.2) is 0 Å². The molecule has 1 heterocycles. The van der Waals surface area contributed by atoms with Crippen LogP contribution in [0.2, 0.25) is 0 Å². The largest absolute Gasteiger partial charge is 0.441 e. The third-order valence-corrected chi connectivity index (χ3v) is 5.54. The maximum Gasteiger partial charge on any atom is 0.232 e. The molecule has 3 rings (SSSR count). The summed E-state index contributed by atoms with van der Waals surface area (Å²) in [5, 5.41) is 2.81. The predicted molar refractivity (Wildman–Crippen MR) is 111 cm³/mol. The van der Waals surface area contributed by atoms with Gasteiger partial charge in [0.2, 0.25) is 11.8 Å². The molecule has 1 aromatic heterocycles. The topological polar surface area (TPSA) is 72.2 Å². The molecule has 146 valence electrons. The van der Waals surface area contributed by atoms with Crippen molar-refractivity contribution in [2.24, 2.45) is 0 Å². The molecule has 0 bridgehead atoms. The second-order valence-electron chi connectivity index (χ2n) is 6.88. The van der Waals surface area contributed by atoms with Crippen molar-refractivity contribution < 1.29 is 13.4 Å². The van der Waals surface area contributed by atoms with Crippen molar-refractivity contribution in [3.05, 3.63) is 76.7 Å². The summed E-state index contributed by atoms with van der Waals surface area (Å²) in [5.74, 6) is 1.04. The van der Waals surface area contributed by atoms with Gasteiger partial charge in [0, 0.05) is 22.9 Å². The van der Waals surface area contributed by atoms with E-state index in [1.54, 1.807) is 6.92 Å². The van der Waals surface area contributed by atoms with E-state index >= 15 is 0 Å². The maximum atomic E-state index is 12.4. The smallest absolute Gasteiger partial charge is 0.232 e. The SMILES string of the molecule is Cc1ccc(CNC(=O)C[S@](=O)Cc2nc(-c3cccc(C)c3)oc2C)cc1. The molecule has 0 spiro atoms. The van der Waals surface area contributed by atoms with Gasteiger partial charge in [-0.25, -0.2) is 4.98 Å². The number of nitrogens with one attached hydrogen (secondary N) is 1. The molecule has 0 aliphatic rings. The number of hydrogen-bond acceptors (Lipinski definition) is 4. The number of aromatic nitrogens is 1. The lowest BCUT2D eigenvalue weighted by Crippen LogP contribution is -2.28. The Morgan fingerprint density at radius 2 is 1.82 bits per heavy atom. The lowest BCUT2D eigenvalue weighted by molar-refractivity contribution is -0.118. The van der Waals surface area contributed by atoms with Gasteiger partial charge >= 0.3 is 0 Å². The molecule has 0 aliphatic heterocycles. The number of benzene rings is 2. The van der Waals surface area contributed by atoms with Crippen molar-refractivity contribution in [1.29, 1.82) is 0 Å². The average molecular weight is 397 g/mol. The first kappa shape index (κ1) is 20.0. The van der Waals surface area contributed by atoms with Crippen molar-refractivity contribution >= 4 is 16.7 Å². The van der Waals surface area contributed by atoms with E-state index in [1.165, 1.54) is 5.56 Å². The van der Waals surface area contributed by atoms with Crippen LogP contribution < -0.4 is 5.32 Å². The first-order valence-corrected chi connectivity index (χ1v) is 10.6. The molecule has 0 unspecified atom stereocenters. The van der Waals surface area contributed by atoms with Gasteiger partial charge in [0.05, 0.1) is 11.4 Å². The van der Waals surface area contributed by atoms with Crippen molar-refractivity contribution in [2.75, 3.05) is 5.75 Å². The second-order valence-corrected chi connectivity index (χ2v) is 8.34. The average Bonchev–Trinajstić information content (AvgIpc) is 3.01. The molecule has 5 nitrogen and oxygen atoms in total. The maximum absolute atomic E-state index is 12.4. The Balaban J connectivity index is 1.55. The molecule has 0 saturated heterocycles. The van der Waals surface area contributed by atoms with Crippen LogP contribution in [-0.2, 0) is 27.9 Å². The Morgan fingerprint density at radius 1 is 1.07 bits per heavy atom. The van der Waals surface area contributed by atoms with Gasteiger partial charge in [0.25, 0.3) is 0 Å². The molecule has 28 heavy (non-hydrogen) atoms. The molecule has 1 amide bonds. The van der Waals surface area contributed by atoms with Crippen molar-refractivity contribution in [2.45, 2.75) is 33.1 Å². The number of carbonyl (C=O) groups is 1. The summed E-state index contributed by atoms with van der Waals surface area (Å²) in [6, 6.07) is 15.8. The van der Waals surface area contributed by atoms with Crippen LogP contribution in [0.3, 0.4) is 0 Å². The Bertz CT molecular complexity index is 993. The Morgan fingerprint density at radius 3 is 2.54 bits per heavy atom. The minimum atomic E-state index is -1.35. The Kier molecular flexibility index (Phi) is 6.41. The van der Waals surface area contributed by atoms with Crippen LogP contribution in [-0.4, -0.2) is 20.9 Å². The number of nitrogens with zero attached hydrogens (tertiary/aromatic N) is 1. The van der Waals surface area contributed by atoms with Gasteiger partial charge in [-0.1, -0.05) is 47.5 Å². The van der Waals surface area contributed by atoms with Crippen molar-refractivity contribution in [3.8, 4) is 11.5 Å². The predicted octanol–water partition coefficient (Wildman–Crippen LogP) is 3.83. The Hall–Kier alpha value is -2.73. The van der Waals surface area contributed by atoms with E-state index in [9.17, 15) is 9.00 Å². The molecular weight excluding hydrogens is 372 g/mol. The summed E-state index contributed by atoms with van der Waals surface area (Å²) in [7, 11) is -1.35. The second kappa shape index (κ2) is 8.97. The fourth-order valence-electron chi connectivity index (χ4n) is 2.77. The molecule has 2 aromatic carbocycles.